The molecule has 2 aromatic carbocycles. The highest BCUT2D eigenvalue weighted by atomic mass is 16.5. The number of hydrogen-bond acceptors (Lipinski definition) is 4. The second-order valence-electron chi connectivity index (χ2n) is 8.03. The van der Waals surface area contributed by atoms with Gasteiger partial charge in [-0.25, -0.2) is 0 Å². The summed E-state index contributed by atoms with van der Waals surface area (Å²) in [5.41, 5.74) is 2.24. The van der Waals surface area contributed by atoms with E-state index in [1.807, 2.05) is 24.3 Å². The van der Waals surface area contributed by atoms with Gasteiger partial charge in [0.05, 0.1) is 13.5 Å². The maximum Gasteiger partial charge on any atom is 0.227 e. The van der Waals surface area contributed by atoms with Crippen LogP contribution in [0.2, 0.25) is 0 Å². The van der Waals surface area contributed by atoms with Gasteiger partial charge in [0.2, 0.25) is 5.91 Å². The topological polar surface area (TPSA) is 53.0 Å². The van der Waals surface area contributed by atoms with Crippen molar-refractivity contribution in [3.05, 3.63) is 59.7 Å². The zero-order valence-corrected chi connectivity index (χ0v) is 16.4. The lowest BCUT2D eigenvalue weighted by atomic mass is 9.94. The van der Waals surface area contributed by atoms with Crippen molar-refractivity contribution in [2.24, 2.45) is 5.92 Å². The molecule has 0 spiro atoms. The molecule has 3 saturated heterocycles. The summed E-state index contributed by atoms with van der Waals surface area (Å²) >= 11 is 0. The number of phenolic OH excluding ortho intramolecular Hbond substituents is 1. The summed E-state index contributed by atoms with van der Waals surface area (Å²) < 4.78 is 5.25. The van der Waals surface area contributed by atoms with E-state index in [2.05, 4.69) is 21.9 Å². The summed E-state index contributed by atoms with van der Waals surface area (Å²) in [4.78, 5) is 17.6. The van der Waals surface area contributed by atoms with E-state index in [-0.39, 0.29) is 11.7 Å². The van der Waals surface area contributed by atoms with Crippen LogP contribution in [-0.2, 0) is 17.8 Å². The number of benzene rings is 2. The van der Waals surface area contributed by atoms with Gasteiger partial charge in [0, 0.05) is 32.2 Å². The molecule has 3 aliphatic heterocycles. The van der Waals surface area contributed by atoms with Crippen LogP contribution in [0, 0.1) is 5.92 Å². The highest BCUT2D eigenvalue weighted by molar-refractivity contribution is 5.79. The quantitative estimate of drug-likeness (QED) is 0.866. The number of ether oxygens (including phenoxy) is 1. The number of carbonyl (C=O) groups is 1. The summed E-state index contributed by atoms with van der Waals surface area (Å²) in [7, 11) is 1.69. The lowest BCUT2D eigenvalue weighted by Gasteiger charge is -2.36. The number of rotatable bonds is 5. The van der Waals surface area contributed by atoms with Crippen molar-refractivity contribution in [3.63, 3.8) is 0 Å². The van der Waals surface area contributed by atoms with Gasteiger partial charge in [-0.2, -0.15) is 0 Å². The molecule has 0 aliphatic carbocycles. The number of hydrogen-bond donors (Lipinski definition) is 1. The first-order valence-electron chi connectivity index (χ1n) is 10.0. The molecule has 1 amide bonds. The number of fused-ring (bicyclic) bond motifs is 4. The Hall–Kier alpha value is -2.53. The van der Waals surface area contributed by atoms with Crippen LogP contribution in [0.3, 0.4) is 0 Å². The van der Waals surface area contributed by atoms with Crippen LogP contribution in [0.4, 0.5) is 0 Å². The predicted molar refractivity (Wildman–Crippen MR) is 108 cm³/mol. The molecular formula is C23H28N2O3. The molecule has 2 bridgehead atoms. The van der Waals surface area contributed by atoms with Crippen LogP contribution in [0.25, 0.3) is 0 Å². The van der Waals surface area contributed by atoms with Crippen molar-refractivity contribution in [1.82, 2.24) is 9.80 Å². The number of methoxy groups -OCH3 is 1. The van der Waals surface area contributed by atoms with E-state index in [0.29, 0.717) is 18.4 Å². The van der Waals surface area contributed by atoms with Crippen molar-refractivity contribution in [2.75, 3.05) is 26.7 Å². The number of nitrogens with zero attached hydrogens (tertiary/aromatic N) is 2. The van der Waals surface area contributed by atoms with Gasteiger partial charge in [-0.1, -0.05) is 24.3 Å². The van der Waals surface area contributed by atoms with E-state index in [9.17, 15) is 9.90 Å². The third kappa shape index (κ3) is 4.30. The minimum absolute atomic E-state index is 0.201. The first-order chi connectivity index (χ1) is 13.6. The number of piperidine rings is 1. The highest BCUT2D eigenvalue weighted by Gasteiger charge is 2.36. The first-order valence-corrected chi connectivity index (χ1v) is 10.0. The molecule has 5 rings (SSSR count). The average Bonchev–Trinajstić information content (AvgIpc) is 3.01. The number of phenols is 1. The summed E-state index contributed by atoms with van der Waals surface area (Å²) in [6, 6.07) is 15.5. The molecule has 3 aliphatic rings. The zero-order valence-electron chi connectivity index (χ0n) is 16.4. The smallest absolute Gasteiger partial charge is 0.227 e. The standard InChI is InChI=1S/C23H28N2O3/c1-28-22-10-5-18(6-11-22)13-24-14-19-2-7-20(16-24)25(15-19)23(27)12-17-3-8-21(26)9-4-17/h3-6,8-11,19-20,26H,2,7,12-16H2,1H3/t19-,20+/m0/s1. The Labute approximate surface area is 166 Å². The molecule has 0 unspecified atom stereocenters. The van der Waals surface area contributed by atoms with Crippen LogP contribution in [0.15, 0.2) is 48.5 Å². The fourth-order valence-corrected chi connectivity index (χ4v) is 4.49. The molecule has 3 heterocycles. The summed E-state index contributed by atoms with van der Waals surface area (Å²) in [6.07, 6.45) is 2.69. The third-order valence-corrected chi connectivity index (χ3v) is 5.97. The van der Waals surface area contributed by atoms with Crippen LogP contribution < -0.4 is 4.74 Å². The van der Waals surface area contributed by atoms with Crippen LogP contribution >= 0.6 is 0 Å². The molecule has 2 atom stereocenters. The molecule has 0 aromatic heterocycles. The van der Waals surface area contributed by atoms with Crippen LogP contribution in [0.1, 0.15) is 24.0 Å². The van der Waals surface area contributed by atoms with Crippen molar-refractivity contribution < 1.29 is 14.6 Å². The lowest BCUT2D eigenvalue weighted by molar-refractivity contribution is -0.134. The number of carbonyl (C=O) groups excluding carboxylic acids is 1. The molecule has 5 heteroatoms. The molecule has 0 saturated carbocycles. The highest BCUT2D eigenvalue weighted by Crippen LogP contribution is 2.29. The van der Waals surface area contributed by atoms with Gasteiger partial charge >= 0.3 is 0 Å². The third-order valence-electron chi connectivity index (χ3n) is 5.97. The Kier molecular flexibility index (Phi) is 5.53. The van der Waals surface area contributed by atoms with E-state index in [1.165, 1.54) is 12.0 Å². The largest absolute Gasteiger partial charge is 0.508 e. The Balaban J connectivity index is 1.40. The Morgan fingerprint density at radius 1 is 1.00 bits per heavy atom. The van der Waals surface area contributed by atoms with E-state index in [0.717, 1.165) is 43.9 Å². The summed E-state index contributed by atoms with van der Waals surface area (Å²) in [5.74, 6) is 1.86. The normalized spacial score (nSPS) is 22.1. The maximum absolute atomic E-state index is 13.0. The number of aromatic hydroxyl groups is 1. The van der Waals surface area contributed by atoms with Crippen molar-refractivity contribution in [1.29, 1.82) is 0 Å². The minimum atomic E-state index is 0.201. The first kappa shape index (κ1) is 18.8. The summed E-state index contributed by atoms with van der Waals surface area (Å²) in [5, 5.41) is 9.43. The van der Waals surface area contributed by atoms with Gasteiger partial charge in [-0.3, -0.25) is 9.69 Å². The van der Waals surface area contributed by atoms with Crippen molar-refractivity contribution >= 4 is 5.91 Å². The van der Waals surface area contributed by atoms with E-state index < -0.39 is 0 Å². The van der Waals surface area contributed by atoms with Crippen molar-refractivity contribution in [3.8, 4) is 11.5 Å². The van der Waals surface area contributed by atoms with Gasteiger partial charge in [-0.05, 0) is 54.2 Å². The van der Waals surface area contributed by atoms with Gasteiger partial charge in [0.25, 0.3) is 0 Å². The van der Waals surface area contributed by atoms with E-state index in [1.54, 1.807) is 19.2 Å². The minimum Gasteiger partial charge on any atom is -0.508 e. The van der Waals surface area contributed by atoms with Crippen LogP contribution in [0.5, 0.6) is 11.5 Å². The predicted octanol–water partition coefficient (Wildman–Crippen LogP) is 3.07. The van der Waals surface area contributed by atoms with E-state index in [4.69, 9.17) is 4.74 Å². The van der Waals surface area contributed by atoms with Crippen molar-refractivity contribution in [2.45, 2.75) is 31.8 Å². The average molecular weight is 380 g/mol. The Morgan fingerprint density at radius 2 is 1.71 bits per heavy atom. The molecule has 5 nitrogen and oxygen atoms in total. The molecule has 0 radical (unpaired) electrons. The van der Waals surface area contributed by atoms with Gasteiger partial charge < -0.3 is 14.7 Å². The monoisotopic (exact) mass is 380 g/mol. The zero-order chi connectivity index (χ0) is 19.5. The Bertz CT molecular complexity index is 804. The molecule has 148 valence electrons. The fourth-order valence-electron chi connectivity index (χ4n) is 4.49. The SMILES string of the molecule is COc1ccc(CN2C[C@@H]3CC[C@H](C2)N(C(=O)Cc2ccc(O)cc2)C3)cc1. The molecule has 2 aromatic rings. The second-order valence-corrected chi connectivity index (χ2v) is 8.03. The maximum atomic E-state index is 13.0. The summed E-state index contributed by atoms with van der Waals surface area (Å²) in [6.45, 7) is 3.76. The lowest BCUT2D eigenvalue weighted by Crippen LogP contribution is -2.47. The molecule has 1 N–H and O–H groups in total. The van der Waals surface area contributed by atoms with Crippen LogP contribution in [-0.4, -0.2) is 53.6 Å². The fraction of sp³-hybridized carbons (Fsp3) is 0.435. The van der Waals surface area contributed by atoms with Gasteiger partial charge in [0.1, 0.15) is 11.5 Å². The molecular weight excluding hydrogens is 352 g/mol. The van der Waals surface area contributed by atoms with Gasteiger partial charge in [0.15, 0.2) is 0 Å². The number of amides is 1. The Morgan fingerprint density at radius 3 is 2.43 bits per heavy atom. The second kappa shape index (κ2) is 8.23. The van der Waals surface area contributed by atoms with E-state index >= 15 is 0 Å². The molecule has 3 fully saturated rings. The van der Waals surface area contributed by atoms with Gasteiger partial charge in [-0.15, -0.1) is 0 Å². The molecule has 28 heavy (non-hydrogen) atoms.